The van der Waals surface area contributed by atoms with Crippen LogP contribution in [0.4, 0.5) is 11.4 Å². The summed E-state index contributed by atoms with van der Waals surface area (Å²) in [6.07, 6.45) is 2.56. The van der Waals surface area contributed by atoms with Gasteiger partial charge in [0, 0.05) is 22.6 Å². The van der Waals surface area contributed by atoms with Crippen molar-refractivity contribution in [1.29, 1.82) is 0 Å². The van der Waals surface area contributed by atoms with Gasteiger partial charge in [-0.25, -0.2) is 0 Å². The van der Waals surface area contributed by atoms with Gasteiger partial charge in [0.2, 0.25) is 0 Å². The Bertz CT molecular complexity index is 682. The van der Waals surface area contributed by atoms with E-state index >= 15 is 0 Å². The Hall–Kier alpha value is -1.38. The minimum Gasteiger partial charge on any atom is -0.375 e. The molecular formula is C17H16Cl2N2. The molecule has 2 aromatic rings. The lowest BCUT2D eigenvalue weighted by atomic mass is 10.0. The number of hydrogen-bond acceptors (Lipinski definition) is 2. The summed E-state index contributed by atoms with van der Waals surface area (Å²) in [7, 11) is 0. The molecule has 2 nitrogen and oxygen atoms in total. The van der Waals surface area contributed by atoms with E-state index in [0.717, 1.165) is 22.2 Å². The van der Waals surface area contributed by atoms with Gasteiger partial charge in [-0.3, -0.25) is 0 Å². The van der Waals surface area contributed by atoms with Crippen LogP contribution in [-0.2, 0) is 0 Å². The van der Waals surface area contributed by atoms with Crippen LogP contribution >= 0.6 is 23.2 Å². The minimum atomic E-state index is 0.173. The second kappa shape index (κ2) is 5.11. The smallest absolute Gasteiger partial charge is 0.0704 e. The van der Waals surface area contributed by atoms with E-state index < -0.39 is 0 Å². The summed E-state index contributed by atoms with van der Waals surface area (Å²) in [4.78, 5) is 2.51. The largest absolute Gasteiger partial charge is 0.375 e. The molecule has 108 valence electrons. The highest BCUT2D eigenvalue weighted by Crippen LogP contribution is 2.43. The molecule has 0 bridgehead atoms. The Labute approximate surface area is 134 Å². The van der Waals surface area contributed by atoms with Gasteiger partial charge in [-0.15, -0.1) is 0 Å². The zero-order valence-corrected chi connectivity index (χ0v) is 13.0. The summed E-state index contributed by atoms with van der Waals surface area (Å²) in [6, 6.07) is 15.0. The number of rotatable bonds is 2. The third-order valence-corrected chi connectivity index (χ3v) is 4.82. The molecule has 1 aliphatic heterocycles. The Kier molecular flexibility index (Phi) is 3.24. The normalized spacial score (nSPS) is 20.9. The zero-order chi connectivity index (χ0) is 14.4. The van der Waals surface area contributed by atoms with E-state index in [1.54, 1.807) is 0 Å². The summed E-state index contributed by atoms with van der Waals surface area (Å²) in [5, 5.41) is 5.11. The van der Waals surface area contributed by atoms with Gasteiger partial charge in [-0.05, 0) is 48.7 Å². The Morgan fingerprint density at radius 3 is 2.67 bits per heavy atom. The second-order valence-corrected chi connectivity index (χ2v) is 6.61. The number of anilines is 2. The number of hydrogen-bond donors (Lipinski definition) is 1. The predicted octanol–water partition coefficient (Wildman–Crippen LogP) is 5.13. The topological polar surface area (TPSA) is 15.3 Å². The van der Waals surface area contributed by atoms with Gasteiger partial charge in [0.05, 0.1) is 17.4 Å². The lowest BCUT2D eigenvalue weighted by molar-refractivity contribution is 0.675. The van der Waals surface area contributed by atoms with Crippen molar-refractivity contribution in [2.45, 2.75) is 24.9 Å². The number of benzene rings is 2. The fourth-order valence-electron chi connectivity index (χ4n) is 3.06. The predicted molar refractivity (Wildman–Crippen MR) is 89.6 cm³/mol. The van der Waals surface area contributed by atoms with E-state index in [9.17, 15) is 0 Å². The SMILES string of the molecule is Clc1ccc(Cl)c(C2CN(C3CC3)c3ccccc3N2)c1. The fraction of sp³-hybridized carbons (Fsp3) is 0.294. The average molecular weight is 319 g/mol. The third-order valence-electron chi connectivity index (χ3n) is 4.24. The van der Waals surface area contributed by atoms with E-state index in [-0.39, 0.29) is 6.04 Å². The lowest BCUT2D eigenvalue weighted by Gasteiger charge is -2.38. The first-order chi connectivity index (χ1) is 10.2. The Morgan fingerprint density at radius 2 is 1.86 bits per heavy atom. The summed E-state index contributed by atoms with van der Waals surface area (Å²) in [6.45, 7) is 0.932. The standard InChI is InChI=1S/C17H16Cl2N2/c18-11-5-8-14(19)13(9-11)16-10-21(12-6-7-12)17-4-2-1-3-15(17)20-16/h1-5,8-9,12,16,20H,6-7,10H2. The fourth-order valence-corrected chi connectivity index (χ4v) is 3.49. The molecule has 1 unspecified atom stereocenters. The van der Waals surface area contributed by atoms with Crippen molar-refractivity contribution in [3.05, 3.63) is 58.1 Å². The van der Waals surface area contributed by atoms with Gasteiger partial charge >= 0.3 is 0 Å². The van der Waals surface area contributed by atoms with E-state index in [1.165, 1.54) is 24.2 Å². The number of fused-ring (bicyclic) bond motifs is 1. The Balaban J connectivity index is 1.74. The monoisotopic (exact) mass is 318 g/mol. The Morgan fingerprint density at radius 1 is 1.05 bits per heavy atom. The highest BCUT2D eigenvalue weighted by atomic mass is 35.5. The molecule has 0 spiro atoms. The highest BCUT2D eigenvalue weighted by molar-refractivity contribution is 6.33. The summed E-state index contributed by atoms with van der Waals surface area (Å²) >= 11 is 12.5. The van der Waals surface area contributed by atoms with Crippen LogP contribution in [-0.4, -0.2) is 12.6 Å². The summed E-state index contributed by atoms with van der Waals surface area (Å²) in [5.41, 5.74) is 3.55. The molecular weight excluding hydrogens is 303 g/mol. The number of nitrogens with one attached hydrogen (secondary N) is 1. The van der Waals surface area contributed by atoms with Crippen LogP contribution in [0.25, 0.3) is 0 Å². The first-order valence-electron chi connectivity index (χ1n) is 7.29. The third kappa shape index (κ3) is 2.47. The molecule has 0 saturated heterocycles. The maximum Gasteiger partial charge on any atom is 0.0704 e. The van der Waals surface area contributed by atoms with Crippen molar-refractivity contribution >= 4 is 34.6 Å². The average Bonchev–Trinajstić information content (AvgIpc) is 3.33. The molecule has 0 aromatic heterocycles. The molecule has 4 rings (SSSR count). The van der Waals surface area contributed by atoms with Crippen LogP contribution in [0.1, 0.15) is 24.4 Å². The van der Waals surface area contributed by atoms with Crippen LogP contribution in [0, 0.1) is 0 Å². The van der Waals surface area contributed by atoms with Gasteiger partial charge in [0.25, 0.3) is 0 Å². The molecule has 1 atom stereocenters. The number of para-hydroxylation sites is 2. The molecule has 0 amide bonds. The van der Waals surface area contributed by atoms with Crippen molar-refractivity contribution < 1.29 is 0 Å². The van der Waals surface area contributed by atoms with E-state index in [4.69, 9.17) is 23.2 Å². The first kappa shape index (κ1) is 13.3. The molecule has 2 aromatic carbocycles. The van der Waals surface area contributed by atoms with Crippen LogP contribution in [0.15, 0.2) is 42.5 Å². The number of halogens is 2. The molecule has 0 radical (unpaired) electrons. The van der Waals surface area contributed by atoms with E-state index in [0.29, 0.717) is 6.04 Å². The molecule has 1 saturated carbocycles. The maximum absolute atomic E-state index is 6.38. The maximum atomic E-state index is 6.38. The molecule has 21 heavy (non-hydrogen) atoms. The van der Waals surface area contributed by atoms with Gasteiger partial charge in [0.1, 0.15) is 0 Å². The van der Waals surface area contributed by atoms with Crippen molar-refractivity contribution in [2.24, 2.45) is 0 Å². The van der Waals surface area contributed by atoms with Gasteiger partial charge in [-0.2, -0.15) is 0 Å². The molecule has 4 heteroatoms. The van der Waals surface area contributed by atoms with Crippen LogP contribution in [0.3, 0.4) is 0 Å². The lowest BCUT2D eigenvalue weighted by Crippen LogP contribution is -2.38. The van der Waals surface area contributed by atoms with Gasteiger partial charge < -0.3 is 10.2 Å². The van der Waals surface area contributed by atoms with Gasteiger partial charge in [-0.1, -0.05) is 35.3 Å². The first-order valence-corrected chi connectivity index (χ1v) is 8.05. The molecule has 1 heterocycles. The van der Waals surface area contributed by atoms with Gasteiger partial charge in [0.15, 0.2) is 0 Å². The van der Waals surface area contributed by atoms with Crippen molar-refractivity contribution in [3.8, 4) is 0 Å². The van der Waals surface area contributed by atoms with Crippen LogP contribution < -0.4 is 10.2 Å². The van der Waals surface area contributed by atoms with E-state index in [1.807, 2.05) is 18.2 Å². The number of nitrogens with zero attached hydrogens (tertiary/aromatic N) is 1. The molecule has 1 aliphatic carbocycles. The minimum absolute atomic E-state index is 0.173. The van der Waals surface area contributed by atoms with Crippen LogP contribution in [0.5, 0.6) is 0 Å². The van der Waals surface area contributed by atoms with Crippen molar-refractivity contribution in [1.82, 2.24) is 0 Å². The summed E-state index contributed by atoms with van der Waals surface area (Å²) < 4.78 is 0. The highest BCUT2D eigenvalue weighted by Gasteiger charge is 2.35. The van der Waals surface area contributed by atoms with Crippen LogP contribution in [0.2, 0.25) is 10.0 Å². The summed E-state index contributed by atoms with van der Waals surface area (Å²) in [5.74, 6) is 0. The second-order valence-electron chi connectivity index (χ2n) is 5.76. The van der Waals surface area contributed by atoms with Crippen molar-refractivity contribution in [3.63, 3.8) is 0 Å². The van der Waals surface area contributed by atoms with Crippen molar-refractivity contribution in [2.75, 3.05) is 16.8 Å². The molecule has 1 N–H and O–H groups in total. The van der Waals surface area contributed by atoms with E-state index in [2.05, 4.69) is 34.5 Å². The quantitative estimate of drug-likeness (QED) is 0.825. The zero-order valence-electron chi connectivity index (χ0n) is 11.5. The molecule has 2 aliphatic rings. The molecule has 1 fully saturated rings.